The fourth-order valence-electron chi connectivity index (χ4n) is 7.85. The van der Waals surface area contributed by atoms with Crippen LogP contribution in [0.2, 0.25) is 0 Å². The molecular weight excluding hydrogens is 912 g/mol. The minimum Gasteiger partial charge on any atom is -0.503 e. The first-order chi connectivity index (χ1) is 31.5. The minimum absolute atomic E-state index is 0. The van der Waals surface area contributed by atoms with Gasteiger partial charge in [-0.15, -0.1) is 41.5 Å². The molecule has 289 valence electrons. The molecule has 0 fully saturated rings. The van der Waals surface area contributed by atoms with Gasteiger partial charge in [-0.25, -0.2) is 0 Å². The predicted molar refractivity (Wildman–Crippen MR) is 240 cm³/mol. The maximum absolute atomic E-state index is 7.92. The van der Waals surface area contributed by atoms with Gasteiger partial charge in [0.1, 0.15) is 11.5 Å². The van der Waals surface area contributed by atoms with Gasteiger partial charge in [0.25, 0.3) is 0 Å². The summed E-state index contributed by atoms with van der Waals surface area (Å²) in [6, 6.07) is 62.8. The first kappa shape index (κ1) is 32.1. The summed E-state index contributed by atoms with van der Waals surface area (Å²) in [5.41, 5.74) is 11.4. The molecular formula is C54H37BIrN2O2-2. The number of para-hydroxylation sites is 2. The first-order valence-electron chi connectivity index (χ1n) is 22.3. The number of rotatable bonds is 5. The van der Waals surface area contributed by atoms with Gasteiger partial charge < -0.3 is 19.4 Å². The van der Waals surface area contributed by atoms with Gasteiger partial charge in [0.05, 0.1) is 0 Å². The van der Waals surface area contributed by atoms with Crippen molar-refractivity contribution in [3.05, 3.63) is 212 Å². The molecule has 0 aliphatic carbocycles. The number of benzene rings is 7. The van der Waals surface area contributed by atoms with Gasteiger partial charge >= 0.3 is 0 Å². The number of hydrogen-bond donors (Lipinski definition) is 0. The summed E-state index contributed by atoms with van der Waals surface area (Å²) in [7, 11) is 0. The van der Waals surface area contributed by atoms with Gasteiger partial charge in [0.15, 0.2) is 0 Å². The van der Waals surface area contributed by atoms with Crippen LogP contribution < -0.4 is 25.9 Å². The molecule has 11 rings (SSSR count). The standard InChI is InChI=1S/C29H17BNO2.C25H20N.Ir/c1-2-8-19(9-3-1)20-16-17-31-24(18-20)21-14-15-27-28-29(21)33-26-13-7-5-11-23(26)30(28)22-10-4-6-12-25(22)32-27;1-18-13-14-22(15-23(18)20-9-5-3-6-10-20)25-16-24(19(2)17-26-25)21-11-7-4-8-12-21;/h1-13,15-18H;3-13,15-17H,1-2H3;/q2*-1;/i;1D3,2D3;. The van der Waals surface area contributed by atoms with E-state index in [4.69, 9.17) is 22.7 Å². The van der Waals surface area contributed by atoms with Crippen LogP contribution in [0.3, 0.4) is 0 Å². The van der Waals surface area contributed by atoms with E-state index < -0.39 is 13.7 Å². The Kier molecular flexibility index (Phi) is 8.97. The van der Waals surface area contributed by atoms with Crippen molar-refractivity contribution >= 4 is 23.1 Å². The molecule has 2 aliphatic rings. The van der Waals surface area contributed by atoms with Gasteiger partial charge in [-0.1, -0.05) is 163 Å². The zero-order chi connectivity index (χ0) is 44.7. The van der Waals surface area contributed by atoms with Crippen LogP contribution in [0.5, 0.6) is 23.0 Å². The summed E-state index contributed by atoms with van der Waals surface area (Å²) in [4.78, 5) is 9.09. The Labute approximate surface area is 373 Å². The Balaban J connectivity index is 0.000000164. The van der Waals surface area contributed by atoms with Crippen molar-refractivity contribution in [3.63, 3.8) is 0 Å². The number of ether oxygens (including phenoxy) is 2. The normalized spacial score (nSPS) is 13.5. The molecule has 0 saturated carbocycles. The Morgan fingerprint density at radius 2 is 1.12 bits per heavy atom. The van der Waals surface area contributed by atoms with E-state index in [0.717, 1.165) is 72.9 Å². The average molecular weight is 955 g/mol. The summed E-state index contributed by atoms with van der Waals surface area (Å²) >= 11 is 0. The monoisotopic (exact) mass is 955 g/mol. The molecule has 0 N–H and O–H groups in total. The molecule has 60 heavy (non-hydrogen) atoms. The Hall–Kier alpha value is -6.85. The molecule has 2 aliphatic heterocycles. The molecule has 0 spiro atoms. The summed E-state index contributed by atoms with van der Waals surface area (Å²) in [6.07, 6.45) is 3.22. The van der Waals surface area contributed by atoms with Crippen LogP contribution in [0.4, 0.5) is 0 Å². The quantitative estimate of drug-likeness (QED) is 0.127. The molecule has 0 amide bonds. The van der Waals surface area contributed by atoms with Crippen molar-refractivity contribution in [2.75, 3.05) is 0 Å². The van der Waals surface area contributed by atoms with E-state index in [1.54, 1.807) is 12.1 Å². The molecule has 6 heteroatoms. The van der Waals surface area contributed by atoms with E-state index in [9.17, 15) is 0 Å². The van der Waals surface area contributed by atoms with Crippen molar-refractivity contribution < 1.29 is 37.8 Å². The molecule has 0 bridgehead atoms. The second kappa shape index (κ2) is 16.8. The minimum atomic E-state index is -2.32. The topological polar surface area (TPSA) is 44.2 Å². The van der Waals surface area contributed by atoms with Crippen LogP contribution in [0.15, 0.2) is 188 Å². The second-order valence-electron chi connectivity index (χ2n) is 14.3. The zero-order valence-corrected chi connectivity index (χ0v) is 34.4. The molecule has 0 atom stereocenters. The van der Waals surface area contributed by atoms with E-state index in [2.05, 4.69) is 59.6 Å². The molecule has 2 aromatic heterocycles. The van der Waals surface area contributed by atoms with E-state index in [0.29, 0.717) is 22.4 Å². The third-order valence-electron chi connectivity index (χ3n) is 10.7. The predicted octanol–water partition coefficient (Wildman–Crippen LogP) is 11.4. The van der Waals surface area contributed by atoms with Crippen molar-refractivity contribution in [1.29, 1.82) is 0 Å². The van der Waals surface area contributed by atoms with Gasteiger partial charge in [-0.2, -0.15) is 0 Å². The second-order valence-corrected chi connectivity index (χ2v) is 14.3. The van der Waals surface area contributed by atoms with E-state index in [-0.39, 0.29) is 37.9 Å². The number of hydrogen-bond acceptors (Lipinski definition) is 4. The summed E-state index contributed by atoms with van der Waals surface area (Å²) in [5, 5.41) is 0. The molecule has 1 radical (unpaired) electrons. The van der Waals surface area contributed by atoms with Crippen LogP contribution in [-0.4, -0.2) is 16.7 Å². The van der Waals surface area contributed by atoms with Crippen LogP contribution >= 0.6 is 0 Å². The van der Waals surface area contributed by atoms with Crippen LogP contribution in [0.1, 0.15) is 19.4 Å². The molecule has 9 aromatic rings. The van der Waals surface area contributed by atoms with E-state index in [1.807, 2.05) is 121 Å². The van der Waals surface area contributed by atoms with Gasteiger partial charge in [0.2, 0.25) is 6.71 Å². The maximum Gasteiger partial charge on any atom is 0.239 e. The van der Waals surface area contributed by atoms with E-state index >= 15 is 0 Å². The number of aromatic nitrogens is 2. The van der Waals surface area contributed by atoms with Crippen molar-refractivity contribution in [2.45, 2.75) is 13.7 Å². The third-order valence-corrected chi connectivity index (χ3v) is 10.7. The van der Waals surface area contributed by atoms with Crippen LogP contribution in [0, 0.1) is 25.8 Å². The SMILES string of the molecule is [2H]C([2H])([2H])c1c[c-]c(-c2cc(-c3ccccc3)c(C([2H])([2H])[2H])cn2)cc1-c1ccccc1.[Ir].[c-]1cc2c3c(c1-c1cc(-c4ccccc4)ccn1)Oc1ccccc1B3c1ccccc1O2. The number of aryl methyl sites for hydroxylation is 2. The van der Waals surface area contributed by atoms with Gasteiger partial charge in [-0.05, 0) is 80.7 Å². The van der Waals surface area contributed by atoms with Gasteiger partial charge in [-0.3, -0.25) is 0 Å². The smallest absolute Gasteiger partial charge is 0.239 e. The Morgan fingerprint density at radius 3 is 1.78 bits per heavy atom. The number of fused-ring (bicyclic) bond motifs is 4. The number of nitrogens with zero attached hydrogens (tertiary/aromatic N) is 2. The molecule has 0 unspecified atom stereocenters. The summed E-state index contributed by atoms with van der Waals surface area (Å²) < 4.78 is 60.3. The number of pyridine rings is 2. The summed E-state index contributed by atoms with van der Waals surface area (Å²) in [5.74, 6) is 3.29. The van der Waals surface area contributed by atoms with Crippen LogP contribution in [-0.2, 0) is 20.1 Å². The van der Waals surface area contributed by atoms with Crippen molar-refractivity contribution in [3.8, 4) is 78.9 Å². The largest absolute Gasteiger partial charge is 0.503 e. The third kappa shape index (κ3) is 7.37. The fourth-order valence-corrected chi connectivity index (χ4v) is 7.85. The fraction of sp³-hybridized carbons (Fsp3) is 0.0370. The zero-order valence-electron chi connectivity index (χ0n) is 38.0. The van der Waals surface area contributed by atoms with Crippen LogP contribution in [0.25, 0.3) is 55.9 Å². The molecule has 4 heterocycles. The molecule has 7 aromatic carbocycles. The Bertz CT molecular complexity index is 3100. The van der Waals surface area contributed by atoms with Gasteiger partial charge in [0, 0.05) is 52.2 Å². The van der Waals surface area contributed by atoms with Crippen molar-refractivity contribution in [2.24, 2.45) is 0 Å². The Morgan fingerprint density at radius 1 is 0.517 bits per heavy atom. The average Bonchev–Trinajstić information content (AvgIpc) is 3.34. The molecule has 0 saturated heterocycles. The first-order valence-corrected chi connectivity index (χ1v) is 19.3. The molecule has 4 nitrogen and oxygen atoms in total. The summed E-state index contributed by atoms with van der Waals surface area (Å²) in [6.45, 7) is -4.58. The maximum atomic E-state index is 7.92. The van der Waals surface area contributed by atoms with Crippen molar-refractivity contribution in [1.82, 2.24) is 9.97 Å². The van der Waals surface area contributed by atoms with E-state index in [1.165, 1.54) is 12.3 Å².